The summed E-state index contributed by atoms with van der Waals surface area (Å²) in [4.78, 5) is 46.2. The van der Waals surface area contributed by atoms with Gasteiger partial charge in [-0.05, 0) is 18.2 Å². The number of nitrogen functional groups attached to an aromatic ring is 1. The Bertz CT molecular complexity index is 837. The number of amides is 4. The van der Waals surface area contributed by atoms with Gasteiger partial charge in [-0.25, -0.2) is 19.7 Å². The Hall–Kier alpha value is -3.49. The standard InChI is InChI=1S/C15H14N6O3/c1-20-8-11(22)21(15(20)24)10-4-2-3-9(7-10)19-14(23)12-13(16)18-6-5-17-12/h2-7H,8H2,1H3,(H2,16,18)(H,19,23). The highest BCUT2D eigenvalue weighted by molar-refractivity contribution is 6.20. The smallest absolute Gasteiger partial charge is 0.331 e. The third kappa shape index (κ3) is 2.74. The number of aromatic nitrogens is 2. The van der Waals surface area contributed by atoms with Crippen molar-refractivity contribution >= 4 is 35.0 Å². The molecule has 2 aromatic rings. The van der Waals surface area contributed by atoms with Crippen LogP contribution in [0.2, 0.25) is 0 Å². The zero-order chi connectivity index (χ0) is 17.3. The molecule has 0 aliphatic carbocycles. The molecular formula is C15H14N6O3. The molecule has 24 heavy (non-hydrogen) atoms. The Morgan fingerprint density at radius 2 is 2.00 bits per heavy atom. The second-order valence-electron chi connectivity index (χ2n) is 5.16. The molecule has 0 radical (unpaired) electrons. The predicted octanol–water partition coefficient (Wildman–Crippen LogP) is 0.710. The van der Waals surface area contributed by atoms with Gasteiger partial charge < -0.3 is 16.0 Å². The number of carbonyl (C=O) groups excluding carboxylic acids is 3. The summed E-state index contributed by atoms with van der Waals surface area (Å²) < 4.78 is 0. The Balaban J connectivity index is 1.84. The molecule has 0 bridgehead atoms. The van der Waals surface area contributed by atoms with Crippen molar-refractivity contribution in [1.29, 1.82) is 0 Å². The highest BCUT2D eigenvalue weighted by Gasteiger charge is 2.34. The van der Waals surface area contributed by atoms with Crippen LogP contribution in [0.3, 0.4) is 0 Å². The van der Waals surface area contributed by atoms with Gasteiger partial charge in [0.25, 0.3) is 11.8 Å². The number of rotatable bonds is 3. The molecule has 0 unspecified atom stereocenters. The van der Waals surface area contributed by atoms with E-state index in [0.717, 1.165) is 4.90 Å². The molecule has 3 N–H and O–H groups in total. The van der Waals surface area contributed by atoms with Gasteiger partial charge in [-0.1, -0.05) is 6.07 Å². The Labute approximate surface area is 137 Å². The number of benzene rings is 1. The summed E-state index contributed by atoms with van der Waals surface area (Å²) in [6, 6.07) is 5.98. The number of likely N-dealkylation sites (N-methyl/N-ethyl adjacent to an activating group) is 1. The molecule has 0 atom stereocenters. The second kappa shape index (κ2) is 5.95. The monoisotopic (exact) mass is 326 g/mol. The fraction of sp³-hybridized carbons (Fsp3) is 0.133. The van der Waals surface area contributed by atoms with E-state index in [1.165, 1.54) is 23.4 Å². The largest absolute Gasteiger partial charge is 0.382 e. The molecular weight excluding hydrogens is 312 g/mol. The molecule has 0 saturated carbocycles. The van der Waals surface area contributed by atoms with Crippen molar-refractivity contribution in [2.24, 2.45) is 0 Å². The normalized spacial score (nSPS) is 14.2. The van der Waals surface area contributed by atoms with E-state index in [1.807, 2.05) is 0 Å². The maximum absolute atomic E-state index is 12.2. The van der Waals surface area contributed by atoms with Crippen LogP contribution in [-0.2, 0) is 4.79 Å². The van der Waals surface area contributed by atoms with Crippen molar-refractivity contribution in [1.82, 2.24) is 14.9 Å². The number of nitrogens with zero attached hydrogens (tertiary/aromatic N) is 4. The van der Waals surface area contributed by atoms with Gasteiger partial charge in [0.1, 0.15) is 6.54 Å². The summed E-state index contributed by atoms with van der Waals surface area (Å²) >= 11 is 0. The van der Waals surface area contributed by atoms with Gasteiger partial charge in [-0.15, -0.1) is 0 Å². The van der Waals surface area contributed by atoms with Crippen LogP contribution in [-0.4, -0.2) is 46.3 Å². The van der Waals surface area contributed by atoms with E-state index < -0.39 is 11.9 Å². The number of hydrogen-bond acceptors (Lipinski definition) is 6. The van der Waals surface area contributed by atoms with Crippen molar-refractivity contribution < 1.29 is 14.4 Å². The maximum Gasteiger partial charge on any atom is 0.331 e. The first-order valence-corrected chi connectivity index (χ1v) is 7.03. The number of imide groups is 1. The lowest BCUT2D eigenvalue weighted by atomic mass is 10.2. The average Bonchev–Trinajstić information content (AvgIpc) is 2.80. The van der Waals surface area contributed by atoms with E-state index in [9.17, 15) is 14.4 Å². The summed E-state index contributed by atoms with van der Waals surface area (Å²) in [7, 11) is 1.54. The molecule has 3 rings (SSSR count). The molecule has 4 amide bonds. The summed E-state index contributed by atoms with van der Waals surface area (Å²) in [6.07, 6.45) is 2.74. The van der Waals surface area contributed by atoms with Gasteiger partial charge in [-0.3, -0.25) is 9.59 Å². The van der Waals surface area contributed by atoms with Crippen LogP contribution in [0.4, 0.5) is 22.0 Å². The van der Waals surface area contributed by atoms with E-state index in [2.05, 4.69) is 15.3 Å². The van der Waals surface area contributed by atoms with Gasteiger partial charge in [0.05, 0.1) is 5.69 Å². The summed E-state index contributed by atoms with van der Waals surface area (Å²) in [5.41, 5.74) is 6.39. The van der Waals surface area contributed by atoms with Gasteiger partial charge in [0, 0.05) is 25.1 Å². The molecule has 1 saturated heterocycles. The number of nitrogens with one attached hydrogen (secondary N) is 1. The van der Waals surface area contributed by atoms with Crippen LogP contribution in [0.25, 0.3) is 0 Å². The van der Waals surface area contributed by atoms with E-state index >= 15 is 0 Å². The number of carbonyl (C=O) groups is 3. The average molecular weight is 326 g/mol. The quantitative estimate of drug-likeness (QED) is 0.801. The van der Waals surface area contributed by atoms with E-state index in [1.54, 1.807) is 25.2 Å². The minimum atomic E-state index is -0.533. The minimum Gasteiger partial charge on any atom is -0.382 e. The first kappa shape index (κ1) is 15.4. The van der Waals surface area contributed by atoms with Crippen LogP contribution in [0, 0.1) is 0 Å². The lowest BCUT2D eigenvalue weighted by Crippen LogP contribution is -2.31. The summed E-state index contributed by atoms with van der Waals surface area (Å²) in [6.45, 7) is 0.0194. The van der Waals surface area contributed by atoms with Crippen LogP contribution >= 0.6 is 0 Å². The highest BCUT2D eigenvalue weighted by Crippen LogP contribution is 2.24. The Morgan fingerprint density at radius 1 is 1.25 bits per heavy atom. The number of hydrogen-bond donors (Lipinski definition) is 2. The van der Waals surface area contributed by atoms with E-state index in [0.29, 0.717) is 11.4 Å². The first-order valence-electron chi connectivity index (χ1n) is 7.03. The van der Waals surface area contributed by atoms with E-state index in [-0.39, 0.29) is 24.0 Å². The number of anilines is 3. The summed E-state index contributed by atoms with van der Waals surface area (Å²) in [5, 5.41) is 2.62. The Kier molecular flexibility index (Phi) is 3.82. The lowest BCUT2D eigenvalue weighted by Gasteiger charge is -2.15. The van der Waals surface area contributed by atoms with Gasteiger partial charge >= 0.3 is 6.03 Å². The fourth-order valence-electron chi connectivity index (χ4n) is 2.31. The zero-order valence-corrected chi connectivity index (χ0v) is 12.8. The van der Waals surface area contributed by atoms with Crippen LogP contribution in [0.15, 0.2) is 36.7 Å². The molecule has 1 aromatic carbocycles. The topological polar surface area (TPSA) is 122 Å². The van der Waals surface area contributed by atoms with Crippen molar-refractivity contribution in [2.45, 2.75) is 0 Å². The third-order valence-electron chi connectivity index (χ3n) is 3.44. The highest BCUT2D eigenvalue weighted by atomic mass is 16.2. The number of nitrogens with two attached hydrogens (primary N) is 1. The molecule has 1 fully saturated rings. The van der Waals surface area contributed by atoms with E-state index in [4.69, 9.17) is 5.73 Å². The van der Waals surface area contributed by atoms with Crippen molar-refractivity contribution in [3.63, 3.8) is 0 Å². The first-order chi connectivity index (χ1) is 11.5. The second-order valence-corrected chi connectivity index (χ2v) is 5.16. The van der Waals surface area contributed by atoms with Crippen LogP contribution in [0.5, 0.6) is 0 Å². The van der Waals surface area contributed by atoms with Gasteiger partial charge in [-0.2, -0.15) is 0 Å². The lowest BCUT2D eigenvalue weighted by molar-refractivity contribution is -0.116. The third-order valence-corrected chi connectivity index (χ3v) is 3.44. The zero-order valence-electron chi connectivity index (χ0n) is 12.8. The summed E-state index contributed by atoms with van der Waals surface area (Å²) in [5.74, 6) is -0.851. The Morgan fingerprint density at radius 3 is 2.67 bits per heavy atom. The van der Waals surface area contributed by atoms with Crippen LogP contribution in [0.1, 0.15) is 10.5 Å². The van der Waals surface area contributed by atoms with Crippen molar-refractivity contribution in [3.8, 4) is 0 Å². The van der Waals surface area contributed by atoms with Gasteiger partial charge in [0.15, 0.2) is 11.5 Å². The molecule has 1 aliphatic rings. The SMILES string of the molecule is CN1CC(=O)N(c2cccc(NC(=O)c3nccnc3N)c2)C1=O. The predicted molar refractivity (Wildman–Crippen MR) is 86.4 cm³/mol. The molecule has 1 aliphatic heterocycles. The van der Waals surface area contributed by atoms with Crippen molar-refractivity contribution in [2.75, 3.05) is 29.5 Å². The van der Waals surface area contributed by atoms with Crippen molar-refractivity contribution in [3.05, 3.63) is 42.4 Å². The molecule has 9 nitrogen and oxygen atoms in total. The molecule has 122 valence electrons. The maximum atomic E-state index is 12.2. The molecule has 0 spiro atoms. The van der Waals surface area contributed by atoms with Gasteiger partial charge in [0.2, 0.25) is 0 Å². The minimum absolute atomic E-state index is 0.00374. The fourth-order valence-corrected chi connectivity index (χ4v) is 2.31. The van der Waals surface area contributed by atoms with Crippen LogP contribution < -0.4 is 16.0 Å². The number of urea groups is 1. The molecule has 1 aromatic heterocycles. The molecule has 9 heteroatoms. The molecule has 2 heterocycles.